The van der Waals surface area contributed by atoms with Crippen molar-refractivity contribution >= 4 is 45.9 Å². The smallest absolute Gasteiger partial charge is 0.148 e. The lowest BCUT2D eigenvalue weighted by Crippen LogP contribution is -2.05. The summed E-state index contributed by atoms with van der Waals surface area (Å²) in [7, 11) is 0. The van der Waals surface area contributed by atoms with Crippen LogP contribution in [0.3, 0.4) is 0 Å². The van der Waals surface area contributed by atoms with Crippen molar-refractivity contribution in [2.24, 2.45) is 0 Å². The van der Waals surface area contributed by atoms with Crippen LogP contribution in [0.5, 0.6) is 5.75 Å². The van der Waals surface area contributed by atoms with Gasteiger partial charge in [-0.3, -0.25) is 0 Å². The molecule has 6 heteroatoms. The van der Waals surface area contributed by atoms with Crippen LogP contribution in [0.4, 0.5) is 39.8 Å². The molecule has 0 heterocycles. The Bertz CT molecular complexity index is 1100. The molecule has 0 aliphatic rings. The van der Waals surface area contributed by atoms with Crippen LogP contribution in [0.1, 0.15) is 34.7 Å². The van der Waals surface area contributed by atoms with Crippen LogP contribution in [0, 0.1) is 27.7 Å². The van der Waals surface area contributed by atoms with E-state index in [1.54, 1.807) is 6.08 Å². The van der Waals surface area contributed by atoms with E-state index in [9.17, 15) is 5.11 Å². The molecule has 3 aromatic carbocycles. The fourth-order valence-electron chi connectivity index (χ4n) is 3.49. The highest BCUT2D eigenvalue weighted by Crippen LogP contribution is 2.42. The molecular formula is C25H31N5O. The number of rotatable bonds is 5. The molecule has 0 fully saturated rings. The van der Waals surface area contributed by atoms with E-state index in [2.05, 4.69) is 10.6 Å². The minimum atomic E-state index is 0.0836. The molecule has 9 N–H and O–H groups in total. The molecule has 0 amide bonds. The van der Waals surface area contributed by atoms with E-state index in [1.165, 1.54) is 0 Å². The number of phenols is 1. The summed E-state index contributed by atoms with van der Waals surface area (Å²) >= 11 is 0. The Hall–Kier alpha value is -3.80. The van der Waals surface area contributed by atoms with Crippen LogP contribution in [0.25, 0.3) is 6.08 Å². The maximum Gasteiger partial charge on any atom is 0.148 e. The monoisotopic (exact) mass is 417 g/mol. The maximum atomic E-state index is 10.9. The van der Waals surface area contributed by atoms with E-state index >= 15 is 0 Å². The highest BCUT2D eigenvalue weighted by atomic mass is 16.3. The summed E-state index contributed by atoms with van der Waals surface area (Å²) in [6.45, 7) is 9.85. The van der Waals surface area contributed by atoms with Gasteiger partial charge in [-0.25, -0.2) is 0 Å². The van der Waals surface area contributed by atoms with Gasteiger partial charge in [0, 0.05) is 28.3 Å². The number of phenolic OH excluding ortho intramolecular Hbond substituents is 1. The summed E-state index contributed by atoms with van der Waals surface area (Å²) in [6.07, 6.45) is 3.64. The predicted molar refractivity (Wildman–Crippen MR) is 134 cm³/mol. The lowest BCUT2D eigenvalue weighted by Gasteiger charge is -2.20. The van der Waals surface area contributed by atoms with E-state index in [0.29, 0.717) is 22.6 Å². The number of anilines is 7. The van der Waals surface area contributed by atoms with Crippen molar-refractivity contribution in [1.29, 1.82) is 0 Å². The van der Waals surface area contributed by atoms with Gasteiger partial charge >= 0.3 is 0 Å². The summed E-state index contributed by atoms with van der Waals surface area (Å²) in [6, 6.07) is 9.37. The lowest BCUT2D eigenvalue weighted by molar-refractivity contribution is 0.477. The van der Waals surface area contributed by atoms with Gasteiger partial charge in [0.05, 0.1) is 17.1 Å². The number of allylic oxidation sites excluding steroid dienone is 1. The van der Waals surface area contributed by atoms with Crippen molar-refractivity contribution in [3.8, 4) is 5.75 Å². The standard InChI is InChI=1S/C25H31N5O/c1-6-7-17-24(28)22(29-20-10-8-18(26)13(2)15(20)4)12-23(25(17)31)30-21-11-9-19(27)14(3)16(21)5/h6-12,29-31H,26-28H2,1-5H3/b7-6+. The molecule has 0 radical (unpaired) electrons. The SMILES string of the molecule is C/C=C/c1c(N)c(Nc2ccc(N)c(C)c2C)cc(Nc2ccc(N)c(C)c2C)c1O. The highest BCUT2D eigenvalue weighted by Gasteiger charge is 2.17. The topological polar surface area (TPSA) is 122 Å². The van der Waals surface area contributed by atoms with E-state index in [1.807, 2.05) is 71.0 Å². The zero-order valence-corrected chi connectivity index (χ0v) is 18.7. The summed E-state index contributed by atoms with van der Waals surface area (Å²) in [5, 5.41) is 17.7. The molecule has 0 saturated heterocycles. The molecule has 6 nitrogen and oxygen atoms in total. The maximum absolute atomic E-state index is 10.9. The van der Waals surface area contributed by atoms with Crippen molar-refractivity contribution in [2.75, 3.05) is 27.8 Å². The fourth-order valence-corrected chi connectivity index (χ4v) is 3.49. The predicted octanol–water partition coefficient (Wildman–Crippen LogP) is 5.89. The molecule has 0 spiro atoms. The van der Waals surface area contributed by atoms with Crippen LogP contribution in [0.15, 0.2) is 36.4 Å². The third kappa shape index (κ3) is 4.10. The summed E-state index contributed by atoms with van der Waals surface area (Å²) in [5.74, 6) is 0.0836. The largest absolute Gasteiger partial charge is 0.505 e. The van der Waals surface area contributed by atoms with Gasteiger partial charge in [-0.1, -0.05) is 12.2 Å². The van der Waals surface area contributed by atoms with Gasteiger partial charge in [0.2, 0.25) is 0 Å². The van der Waals surface area contributed by atoms with Crippen LogP contribution < -0.4 is 27.8 Å². The number of nitrogen functional groups attached to an aromatic ring is 3. The first-order chi connectivity index (χ1) is 14.6. The molecule has 162 valence electrons. The van der Waals surface area contributed by atoms with E-state index in [-0.39, 0.29) is 5.75 Å². The lowest BCUT2D eigenvalue weighted by atomic mass is 10.0. The first kappa shape index (κ1) is 21.9. The Morgan fingerprint density at radius 3 is 1.68 bits per heavy atom. The van der Waals surface area contributed by atoms with Crippen molar-refractivity contribution in [1.82, 2.24) is 0 Å². The van der Waals surface area contributed by atoms with Gasteiger partial charge in [0.1, 0.15) is 5.75 Å². The summed E-state index contributed by atoms with van der Waals surface area (Å²) in [5.41, 5.74) is 28.0. The van der Waals surface area contributed by atoms with Crippen LogP contribution >= 0.6 is 0 Å². The van der Waals surface area contributed by atoms with Gasteiger partial charge in [-0.05, 0) is 87.2 Å². The Balaban J connectivity index is 2.12. The van der Waals surface area contributed by atoms with Gasteiger partial charge in [0.15, 0.2) is 0 Å². The second-order valence-corrected chi connectivity index (χ2v) is 7.80. The number of hydrogen-bond acceptors (Lipinski definition) is 6. The van der Waals surface area contributed by atoms with Crippen LogP contribution in [-0.2, 0) is 0 Å². The van der Waals surface area contributed by atoms with Crippen molar-refractivity contribution in [3.05, 3.63) is 64.2 Å². The zero-order valence-electron chi connectivity index (χ0n) is 18.7. The molecule has 0 aromatic heterocycles. The molecule has 3 rings (SSSR count). The minimum absolute atomic E-state index is 0.0836. The molecular weight excluding hydrogens is 386 g/mol. The average Bonchev–Trinajstić information content (AvgIpc) is 2.74. The number of benzene rings is 3. The van der Waals surface area contributed by atoms with Gasteiger partial charge in [-0.15, -0.1) is 0 Å². The highest BCUT2D eigenvalue weighted by molar-refractivity contribution is 5.91. The Kier molecular flexibility index (Phi) is 6.02. The minimum Gasteiger partial charge on any atom is -0.505 e. The van der Waals surface area contributed by atoms with Gasteiger partial charge in [-0.2, -0.15) is 0 Å². The van der Waals surface area contributed by atoms with E-state index < -0.39 is 0 Å². The molecule has 0 atom stereocenters. The van der Waals surface area contributed by atoms with E-state index in [0.717, 1.165) is 45.0 Å². The Morgan fingerprint density at radius 1 is 0.710 bits per heavy atom. The second kappa shape index (κ2) is 8.52. The second-order valence-electron chi connectivity index (χ2n) is 7.80. The number of hydrogen-bond donors (Lipinski definition) is 6. The van der Waals surface area contributed by atoms with Crippen molar-refractivity contribution in [2.45, 2.75) is 34.6 Å². The van der Waals surface area contributed by atoms with E-state index in [4.69, 9.17) is 17.2 Å². The fraction of sp³-hybridized carbons (Fsp3) is 0.200. The first-order valence-electron chi connectivity index (χ1n) is 10.2. The molecule has 31 heavy (non-hydrogen) atoms. The quantitative estimate of drug-likeness (QED) is 0.175. The summed E-state index contributed by atoms with van der Waals surface area (Å²) in [4.78, 5) is 0. The molecule has 0 unspecified atom stereocenters. The number of aromatic hydroxyl groups is 1. The average molecular weight is 418 g/mol. The molecule has 0 bridgehead atoms. The first-order valence-corrected chi connectivity index (χ1v) is 10.2. The van der Waals surface area contributed by atoms with Gasteiger partial charge < -0.3 is 32.9 Å². The third-order valence-corrected chi connectivity index (χ3v) is 5.91. The number of nitrogens with one attached hydrogen (secondary N) is 2. The van der Waals surface area contributed by atoms with Crippen molar-refractivity contribution in [3.63, 3.8) is 0 Å². The zero-order chi connectivity index (χ0) is 22.9. The normalized spacial score (nSPS) is 11.1. The summed E-state index contributed by atoms with van der Waals surface area (Å²) < 4.78 is 0. The number of nitrogens with two attached hydrogens (primary N) is 3. The Labute approximate surface area is 183 Å². The van der Waals surface area contributed by atoms with Crippen LogP contribution in [-0.4, -0.2) is 5.11 Å². The Morgan fingerprint density at radius 2 is 1.19 bits per heavy atom. The molecule has 0 saturated carbocycles. The van der Waals surface area contributed by atoms with Crippen molar-refractivity contribution < 1.29 is 5.11 Å². The molecule has 0 aliphatic carbocycles. The molecule has 3 aromatic rings. The van der Waals surface area contributed by atoms with Crippen LogP contribution in [0.2, 0.25) is 0 Å². The molecule has 0 aliphatic heterocycles. The van der Waals surface area contributed by atoms with Gasteiger partial charge in [0.25, 0.3) is 0 Å². The third-order valence-electron chi connectivity index (χ3n) is 5.91.